The standard InChI is InChI=1S/C36H27ClN6O3S/c1-20-12-27-26-14-31(44)25-9-4-3-8-23(25)24(26)10-11-28(27)36(2,33(20)46)43-19-42(30-15-38-18-39-34(30)43)16-32(45)41-35-40-29(17-47-35)21-6-5-7-22(37)13-21/h3-15,17-18,20H,16,19H2,1-2H3,(H,40,41,45). The molecule has 1 N–H and O–H groups in total. The molecule has 0 bridgehead atoms. The Morgan fingerprint density at radius 3 is 2.72 bits per heavy atom. The van der Waals surface area contributed by atoms with Crippen molar-refractivity contribution >= 4 is 69.2 Å². The van der Waals surface area contributed by atoms with Gasteiger partial charge in [-0.3, -0.25) is 14.4 Å². The number of benzene rings is 3. The van der Waals surface area contributed by atoms with Crippen LogP contribution < -0.4 is 25.6 Å². The number of carbonyl (C=O) groups is 3. The average Bonchev–Trinajstić information content (AvgIpc) is 3.69. The molecular weight excluding hydrogens is 632 g/mol. The molecule has 3 aromatic carbocycles. The summed E-state index contributed by atoms with van der Waals surface area (Å²) in [6.07, 6.45) is 6.76. The van der Waals surface area contributed by atoms with Crippen molar-refractivity contribution in [1.29, 1.82) is 0 Å². The van der Waals surface area contributed by atoms with E-state index >= 15 is 0 Å². The normalized spacial score (nSPS) is 19.3. The molecule has 0 fully saturated rings. The van der Waals surface area contributed by atoms with Crippen molar-refractivity contribution in [3.8, 4) is 22.4 Å². The second-order valence-electron chi connectivity index (χ2n) is 12.0. The third-order valence-electron chi connectivity index (χ3n) is 9.21. The number of hydrogen-bond donors (Lipinski definition) is 1. The Morgan fingerprint density at radius 2 is 1.89 bits per heavy atom. The fraction of sp³-hybridized carbons (Fsp3) is 0.167. The molecule has 232 valence electrons. The summed E-state index contributed by atoms with van der Waals surface area (Å²) in [7, 11) is 0. The van der Waals surface area contributed by atoms with Crippen LogP contribution in [0.15, 0.2) is 78.6 Å². The molecule has 11 heteroatoms. The van der Waals surface area contributed by atoms with E-state index in [0.29, 0.717) is 27.2 Å². The van der Waals surface area contributed by atoms with Crippen LogP contribution in [-0.4, -0.2) is 45.6 Å². The summed E-state index contributed by atoms with van der Waals surface area (Å²) >= 11 is 7.48. The van der Waals surface area contributed by atoms with E-state index in [2.05, 4.69) is 20.3 Å². The summed E-state index contributed by atoms with van der Waals surface area (Å²) in [6, 6.07) is 19.0. The van der Waals surface area contributed by atoms with Crippen molar-refractivity contribution in [2.75, 3.05) is 28.3 Å². The molecule has 5 aromatic rings. The van der Waals surface area contributed by atoms with Crippen molar-refractivity contribution in [2.24, 2.45) is 5.92 Å². The van der Waals surface area contributed by atoms with Gasteiger partial charge in [-0.1, -0.05) is 73.1 Å². The molecule has 0 radical (unpaired) electrons. The summed E-state index contributed by atoms with van der Waals surface area (Å²) < 4.78 is 0. The SMILES string of the molecule is CC1C=c2c(ccc3c2=CC(=O)c2ccccc2-3)C(C)(N2CN(CC(=O)Nc3nc(-c4cccc(Cl)c4)cs3)c3cncnc32)C1=O. The molecule has 2 aromatic heterocycles. The third kappa shape index (κ3) is 4.66. The predicted molar refractivity (Wildman–Crippen MR) is 184 cm³/mol. The zero-order valence-electron chi connectivity index (χ0n) is 25.4. The number of rotatable bonds is 5. The van der Waals surface area contributed by atoms with Crippen LogP contribution in [0.1, 0.15) is 29.8 Å². The first kappa shape index (κ1) is 29.2. The van der Waals surface area contributed by atoms with E-state index in [0.717, 1.165) is 38.4 Å². The van der Waals surface area contributed by atoms with Crippen LogP contribution in [0.3, 0.4) is 0 Å². The number of aromatic nitrogens is 3. The third-order valence-corrected chi connectivity index (χ3v) is 10.2. The summed E-state index contributed by atoms with van der Waals surface area (Å²) in [4.78, 5) is 58.1. The van der Waals surface area contributed by atoms with Gasteiger partial charge < -0.3 is 15.1 Å². The number of fused-ring (bicyclic) bond motifs is 6. The lowest BCUT2D eigenvalue weighted by atomic mass is 9.73. The number of amides is 1. The van der Waals surface area contributed by atoms with Crippen molar-refractivity contribution in [1.82, 2.24) is 15.0 Å². The van der Waals surface area contributed by atoms with Crippen LogP contribution in [0, 0.1) is 5.92 Å². The molecule has 1 aliphatic heterocycles. The molecule has 0 saturated carbocycles. The largest absolute Gasteiger partial charge is 0.340 e. The fourth-order valence-corrected chi connectivity index (χ4v) is 7.87. The topological polar surface area (TPSA) is 108 Å². The number of thiazole rings is 1. The zero-order valence-corrected chi connectivity index (χ0v) is 27.0. The number of Topliss-reactive ketones (excluding diaryl/α,β-unsaturated/α-hetero) is 2. The predicted octanol–water partition coefficient (Wildman–Crippen LogP) is 5.03. The van der Waals surface area contributed by atoms with Crippen molar-refractivity contribution in [3.63, 3.8) is 0 Å². The second-order valence-corrected chi connectivity index (χ2v) is 13.3. The minimum absolute atomic E-state index is 0.000296. The highest BCUT2D eigenvalue weighted by Crippen LogP contribution is 2.44. The molecule has 2 aliphatic carbocycles. The maximum Gasteiger partial charge on any atom is 0.245 e. The molecular formula is C36H27ClN6O3S. The molecule has 8 rings (SSSR count). The van der Waals surface area contributed by atoms with Gasteiger partial charge in [0.25, 0.3) is 0 Å². The van der Waals surface area contributed by atoms with Crippen molar-refractivity contribution < 1.29 is 14.4 Å². The van der Waals surface area contributed by atoms with E-state index < -0.39 is 11.5 Å². The molecule has 1 amide bonds. The van der Waals surface area contributed by atoms with Crippen LogP contribution in [0.2, 0.25) is 5.02 Å². The number of anilines is 3. The van der Waals surface area contributed by atoms with E-state index in [1.165, 1.54) is 17.7 Å². The van der Waals surface area contributed by atoms with E-state index in [1.807, 2.05) is 89.7 Å². The highest BCUT2D eigenvalue weighted by Gasteiger charge is 2.50. The molecule has 0 saturated heterocycles. The summed E-state index contributed by atoms with van der Waals surface area (Å²) in [5.74, 6) is -0.195. The van der Waals surface area contributed by atoms with Gasteiger partial charge in [-0.25, -0.2) is 15.0 Å². The van der Waals surface area contributed by atoms with Gasteiger partial charge in [0, 0.05) is 27.4 Å². The summed E-state index contributed by atoms with van der Waals surface area (Å²) in [6.45, 7) is 4.01. The van der Waals surface area contributed by atoms with Gasteiger partial charge in [-0.15, -0.1) is 11.3 Å². The Kier molecular flexibility index (Phi) is 6.82. The highest BCUT2D eigenvalue weighted by atomic mass is 35.5. The first-order valence-electron chi connectivity index (χ1n) is 15.1. The molecule has 47 heavy (non-hydrogen) atoms. The molecule has 9 nitrogen and oxygen atoms in total. The number of carbonyl (C=O) groups excluding carboxylic acids is 3. The van der Waals surface area contributed by atoms with Gasteiger partial charge in [0.15, 0.2) is 22.5 Å². The fourth-order valence-electron chi connectivity index (χ4n) is 6.95. The molecule has 0 spiro atoms. The number of halogens is 1. The van der Waals surface area contributed by atoms with Gasteiger partial charge in [-0.2, -0.15) is 0 Å². The van der Waals surface area contributed by atoms with Gasteiger partial charge in [0.05, 0.1) is 25.1 Å². The van der Waals surface area contributed by atoms with E-state index in [9.17, 15) is 14.4 Å². The minimum Gasteiger partial charge on any atom is -0.340 e. The Labute approximate surface area is 278 Å². The zero-order chi connectivity index (χ0) is 32.4. The van der Waals surface area contributed by atoms with E-state index in [-0.39, 0.29) is 30.7 Å². The molecule has 2 unspecified atom stereocenters. The number of hydrogen-bond acceptors (Lipinski definition) is 9. The molecule has 3 aliphatic rings. The minimum atomic E-state index is -1.14. The maximum absolute atomic E-state index is 14.2. The molecule has 3 heterocycles. The number of ketones is 2. The smallest absolute Gasteiger partial charge is 0.245 e. The van der Waals surface area contributed by atoms with E-state index in [4.69, 9.17) is 11.6 Å². The summed E-state index contributed by atoms with van der Waals surface area (Å²) in [5, 5.41) is 7.54. The maximum atomic E-state index is 14.2. The van der Waals surface area contributed by atoms with Gasteiger partial charge in [-0.05, 0) is 52.3 Å². The Bertz CT molecular complexity index is 2290. The Hall–Kier alpha value is -5.19. The lowest BCUT2D eigenvalue weighted by Crippen LogP contribution is -2.59. The quantitative estimate of drug-likeness (QED) is 0.280. The van der Waals surface area contributed by atoms with Gasteiger partial charge in [0.1, 0.15) is 17.6 Å². The van der Waals surface area contributed by atoms with Crippen molar-refractivity contribution in [2.45, 2.75) is 19.4 Å². The lowest BCUT2D eigenvalue weighted by molar-refractivity contribution is -0.126. The lowest BCUT2D eigenvalue weighted by Gasteiger charge is -2.42. The Morgan fingerprint density at radius 1 is 1.06 bits per heavy atom. The van der Waals surface area contributed by atoms with Gasteiger partial charge >= 0.3 is 0 Å². The second kappa shape index (κ2) is 11.0. The first-order chi connectivity index (χ1) is 22.7. The van der Waals surface area contributed by atoms with Crippen LogP contribution in [0.25, 0.3) is 34.5 Å². The number of nitrogens with one attached hydrogen (secondary N) is 1. The van der Waals surface area contributed by atoms with E-state index in [1.54, 1.807) is 18.3 Å². The monoisotopic (exact) mass is 658 g/mol. The first-order valence-corrected chi connectivity index (χ1v) is 16.4. The van der Waals surface area contributed by atoms with Crippen molar-refractivity contribution in [3.05, 3.63) is 105 Å². The van der Waals surface area contributed by atoms with Crippen LogP contribution in [-0.2, 0) is 15.1 Å². The summed E-state index contributed by atoms with van der Waals surface area (Å²) in [5.41, 5.74) is 4.39. The van der Waals surface area contributed by atoms with Crippen LogP contribution >= 0.6 is 22.9 Å². The van der Waals surface area contributed by atoms with Gasteiger partial charge in [0.2, 0.25) is 5.91 Å². The Balaban J connectivity index is 1.13. The van der Waals surface area contributed by atoms with Crippen LogP contribution in [0.4, 0.5) is 16.6 Å². The average molecular weight is 659 g/mol. The molecule has 2 atom stereocenters. The van der Waals surface area contributed by atoms with Crippen LogP contribution in [0.5, 0.6) is 0 Å². The number of nitrogens with zero attached hydrogens (tertiary/aromatic N) is 5. The highest BCUT2D eigenvalue weighted by molar-refractivity contribution is 7.14.